The van der Waals surface area contributed by atoms with E-state index in [1.807, 2.05) is 11.8 Å². The zero-order chi connectivity index (χ0) is 21.2. The van der Waals surface area contributed by atoms with E-state index in [-0.39, 0.29) is 47.9 Å². The summed E-state index contributed by atoms with van der Waals surface area (Å²) in [5.74, 6) is 0.631. The summed E-state index contributed by atoms with van der Waals surface area (Å²) in [4.78, 5) is 32.4. The van der Waals surface area contributed by atoms with Crippen LogP contribution >= 0.6 is 0 Å². The molecule has 2 amide bonds. The number of hydrogen-bond acceptors (Lipinski definition) is 4. The predicted molar refractivity (Wildman–Crippen MR) is 112 cm³/mol. The molecule has 3 aliphatic heterocycles. The van der Waals surface area contributed by atoms with Crippen molar-refractivity contribution < 1.29 is 9.59 Å². The Morgan fingerprint density at radius 3 is 2.77 bits per heavy atom. The quantitative estimate of drug-likeness (QED) is 0.754. The van der Waals surface area contributed by atoms with Crippen LogP contribution in [0.3, 0.4) is 0 Å². The number of carbonyl (C=O) groups excluding carboxylic acids is 2. The van der Waals surface area contributed by atoms with Gasteiger partial charge in [-0.3, -0.25) is 14.5 Å². The monoisotopic (exact) mass is 406 g/mol. The number of benzene rings is 1. The number of carbonyl (C=O) groups is 2. The Kier molecular flexibility index (Phi) is 4.62. The van der Waals surface area contributed by atoms with Gasteiger partial charge < -0.3 is 9.80 Å². The fraction of sp³-hybridized carbons (Fsp3) is 0.625. The Hall–Kier alpha value is -2.39. The Morgan fingerprint density at radius 2 is 2.07 bits per heavy atom. The first kappa shape index (κ1) is 19.6. The van der Waals surface area contributed by atoms with E-state index in [4.69, 9.17) is 0 Å². The number of rotatable bonds is 5. The Labute approximate surface area is 178 Å². The van der Waals surface area contributed by atoms with E-state index >= 15 is 0 Å². The lowest BCUT2D eigenvalue weighted by Gasteiger charge is -2.38. The van der Waals surface area contributed by atoms with Crippen LogP contribution in [0.1, 0.15) is 50.3 Å². The van der Waals surface area contributed by atoms with E-state index in [1.165, 1.54) is 11.1 Å². The molecular formula is C24H30N4O2. The highest BCUT2D eigenvalue weighted by Gasteiger charge is 2.55. The molecule has 0 aromatic heterocycles. The van der Waals surface area contributed by atoms with Crippen LogP contribution in [-0.4, -0.2) is 63.8 Å². The van der Waals surface area contributed by atoms with E-state index in [0.717, 1.165) is 25.8 Å². The van der Waals surface area contributed by atoms with Crippen LogP contribution in [0, 0.1) is 30.1 Å². The minimum atomic E-state index is -0.258. The molecule has 6 heteroatoms. The average Bonchev–Trinajstić information content (AvgIpc) is 3.06. The average molecular weight is 407 g/mol. The largest absolute Gasteiger partial charge is 0.330 e. The summed E-state index contributed by atoms with van der Waals surface area (Å²) in [6.07, 6.45) is 2.73. The van der Waals surface area contributed by atoms with Crippen LogP contribution in [0.2, 0.25) is 0 Å². The number of likely N-dealkylation sites (tertiary alicyclic amines) is 3. The van der Waals surface area contributed by atoms with Gasteiger partial charge in [-0.25, -0.2) is 0 Å². The second-order valence-corrected chi connectivity index (χ2v) is 9.79. The number of hydrogen-bond donors (Lipinski definition) is 0. The zero-order valence-corrected chi connectivity index (χ0v) is 18.0. The van der Waals surface area contributed by atoms with Crippen molar-refractivity contribution in [3.05, 3.63) is 35.4 Å². The summed E-state index contributed by atoms with van der Waals surface area (Å²) in [5, 5.41) is 9.40. The maximum Gasteiger partial charge on any atom is 0.240 e. The summed E-state index contributed by atoms with van der Waals surface area (Å²) in [7, 11) is 0. The van der Waals surface area contributed by atoms with Gasteiger partial charge in [-0.1, -0.05) is 36.8 Å². The standard InChI is InChI=1S/C24H30N4O2/c1-14-5-4-6-17(7-14)16(3)27-20-10-22(24(27)30)26(13-20)12-15(2)23(29)28-19(11-25)8-18-9-21(18)28/h4-7,15-16,18-22H,8-10,12-13H2,1-3H3/t15-,16-,18+,19-,20?,21?,22-/m0/s1. The SMILES string of the molecule is Cc1cccc([C@H](C)N2C(=O)[C@@H]3CC2CN3C[C@H](C)C(=O)N2C3C[C@H]3C[C@H]2C#N)c1. The van der Waals surface area contributed by atoms with E-state index in [9.17, 15) is 14.9 Å². The van der Waals surface area contributed by atoms with Gasteiger partial charge in [-0.2, -0.15) is 5.26 Å². The Balaban J connectivity index is 1.24. The van der Waals surface area contributed by atoms with Crippen molar-refractivity contribution >= 4 is 11.8 Å². The van der Waals surface area contributed by atoms with Gasteiger partial charge in [0.15, 0.2) is 0 Å². The third kappa shape index (κ3) is 3.02. The molecule has 1 aromatic rings. The summed E-state index contributed by atoms with van der Waals surface area (Å²) < 4.78 is 0. The van der Waals surface area contributed by atoms with Crippen molar-refractivity contribution in [1.29, 1.82) is 5.26 Å². The number of nitriles is 1. The Morgan fingerprint density at radius 1 is 1.27 bits per heavy atom. The van der Waals surface area contributed by atoms with E-state index in [2.05, 4.69) is 54.0 Å². The topological polar surface area (TPSA) is 67.7 Å². The predicted octanol–water partition coefficient (Wildman–Crippen LogP) is 2.49. The molecule has 0 spiro atoms. The lowest BCUT2D eigenvalue weighted by atomic mass is 10.0. The molecule has 2 unspecified atom stereocenters. The minimum Gasteiger partial charge on any atom is -0.330 e. The third-order valence-electron chi connectivity index (χ3n) is 7.69. The van der Waals surface area contributed by atoms with Gasteiger partial charge >= 0.3 is 0 Å². The van der Waals surface area contributed by atoms with Gasteiger partial charge in [-0.05, 0) is 44.6 Å². The number of piperidine rings is 1. The first-order chi connectivity index (χ1) is 14.4. The molecule has 158 valence electrons. The van der Waals surface area contributed by atoms with E-state index in [0.29, 0.717) is 12.5 Å². The maximum absolute atomic E-state index is 13.2. The molecule has 1 aromatic carbocycles. The number of nitrogens with zero attached hydrogens (tertiary/aromatic N) is 4. The second kappa shape index (κ2) is 7.09. The number of fused-ring (bicyclic) bond motifs is 3. The molecule has 1 aliphatic carbocycles. The zero-order valence-electron chi connectivity index (χ0n) is 18.0. The van der Waals surface area contributed by atoms with Crippen molar-refractivity contribution in [2.75, 3.05) is 13.1 Å². The summed E-state index contributed by atoms with van der Waals surface area (Å²) in [6, 6.07) is 10.9. The van der Waals surface area contributed by atoms with Gasteiger partial charge in [0, 0.05) is 31.1 Å². The number of amides is 2. The number of aryl methyl sites for hydroxylation is 1. The molecule has 7 atom stereocenters. The summed E-state index contributed by atoms with van der Waals surface area (Å²) in [6.45, 7) is 7.58. The van der Waals surface area contributed by atoms with Gasteiger partial charge in [-0.15, -0.1) is 0 Å². The van der Waals surface area contributed by atoms with Crippen LogP contribution in [0.5, 0.6) is 0 Å². The first-order valence-corrected chi connectivity index (χ1v) is 11.2. The van der Waals surface area contributed by atoms with Crippen molar-refractivity contribution in [2.24, 2.45) is 11.8 Å². The van der Waals surface area contributed by atoms with E-state index in [1.54, 1.807) is 0 Å². The van der Waals surface area contributed by atoms with Crippen LogP contribution < -0.4 is 0 Å². The Bertz CT molecular complexity index is 924. The molecule has 2 bridgehead atoms. The molecule has 3 heterocycles. The molecule has 5 rings (SSSR count). The molecule has 3 saturated heterocycles. The molecule has 30 heavy (non-hydrogen) atoms. The van der Waals surface area contributed by atoms with Crippen LogP contribution in [0.15, 0.2) is 24.3 Å². The summed E-state index contributed by atoms with van der Waals surface area (Å²) in [5.41, 5.74) is 2.39. The highest BCUT2D eigenvalue weighted by atomic mass is 16.2. The smallest absolute Gasteiger partial charge is 0.240 e. The molecule has 0 N–H and O–H groups in total. The molecule has 1 saturated carbocycles. The molecule has 6 nitrogen and oxygen atoms in total. The van der Waals surface area contributed by atoms with Gasteiger partial charge in [0.1, 0.15) is 6.04 Å². The van der Waals surface area contributed by atoms with Crippen LogP contribution in [0.4, 0.5) is 0 Å². The molecule has 4 fully saturated rings. The minimum absolute atomic E-state index is 0.0707. The van der Waals surface area contributed by atoms with Gasteiger partial charge in [0.2, 0.25) is 11.8 Å². The van der Waals surface area contributed by atoms with E-state index < -0.39 is 0 Å². The first-order valence-electron chi connectivity index (χ1n) is 11.2. The fourth-order valence-corrected chi connectivity index (χ4v) is 6.06. The van der Waals surface area contributed by atoms with Crippen LogP contribution in [0.25, 0.3) is 0 Å². The number of piperazine rings is 1. The maximum atomic E-state index is 13.2. The molecule has 4 aliphatic rings. The lowest BCUT2D eigenvalue weighted by Crippen LogP contribution is -2.53. The summed E-state index contributed by atoms with van der Waals surface area (Å²) >= 11 is 0. The van der Waals surface area contributed by atoms with Crippen molar-refractivity contribution in [2.45, 2.75) is 70.2 Å². The second-order valence-electron chi connectivity index (χ2n) is 9.79. The fourth-order valence-electron chi connectivity index (χ4n) is 6.06. The van der Waals surface area contributed by atoms with Crippen molar-refractivity contribution in [1.82, 2.24) is 14.7 Å². The molecule has 0 radical (unpaired) electrons. The molecular weight excluding hydrogens is 376 g/mol. The van der Waals surface area contributed by atoms with Gasteiger partial charge in [0.05, 0.1) is 18.2 Å². The van der Waals surface area contributed by atoms with Gasteiger partial charge in [0.25, 0.3) is 0 Å². The van der Waals surface area contributed by atoms with Crippen molar-refractivity contribution in [3.63, 3.8) is 0 Å². The van der Waals surface area contributed by atoms with Crippen LogP contribution in [-0.2, 0) is 9.59 Å². The van der Waals surface area contributed by atoms with Crippen molar-refractivity contribution in [3.8, 4) is 6.07 Å². The highest BCUT2D eigenvalue weighted by molar-refractivity contribution is 5.86. The third-order valence-corrected chi connectivity index (χ3v) is 7.69. The lowest BCUT2D eigenvalue weighted by molar-refractivity contribution is -0.142. The normalized spacial score (nSPS) is 34.1. The highest BCUT2D eigenvalue weighted by Crippen LogP contribution is 2.48.